The van der Waals surface area contributed by atoms with E-state index in [1.807, 2.05) is 55.7 Å². The fourth-order valence-corrected chi connectivity index (χ4v) is 3.77. The molecule has 2 N–H and O–H groups in total. The van der Waals surface area contributed by atoms with Crippen LogP contribution < -0.4 is 10.5 Å². The van der Waals surface area contributed by atoms with Crippen LogP contribution in [0.25, 0.3) is 16.7 Å². The Labute approximate surface area is 189 Å². The molecule has 0 spiro atoms. The Bertz CT molecular complexity index is 1020. The van der Waals surface area contributed by atoms with Gasteiger partial charge in [0, 0.05) is 74.3 Å². The van der Waals surface area contributed by atoms with E-state index in [2.05, 4.69) is 31.8 Å². The van der Waals surface area contributed by atoms with Gasteiger partial charge in [-0.15, -0.1) is 0 Å². The Hall–Kier alpha value is -3.29. The van der Waals surface area contributed by atoms with Gasteiger partial charge in [-0.3, -0.25) is 9.88 Å². The first-order chi connectivity index (χ1) is 15.6. The highest BCUT2D eigenvalue weighted by Gasteiger charge is 2.13. The summed E-state index contributed by atoms with van der Waals surface area (Å²) in [7, 11) is 2.17. The fourth-order valence-electron chi connectivity index (χ4n) is 3.77. The zero-order chi connectivity index (χ0) is 22.3. The summed E-state index contributed by atoms with van der Waals surface area (Å²) in [6, 6.07) is 11.9. The highest BCUT2D eigenvalue weighted by atomic mass is 16.5. The molecule has 0 amide bonds. The monoisotopic (exact) mass is 430 g/mol. The van der Waals surface area contributed by atoms with Crippen LogP contribution in [0.3, 0.4) is 0 Å². The molecule has 1 aliphatic rings. The topological polar surface area (TPSA) is 80.4 Å². The third kappa shape index (κ3) is 5.49. The molecular weight excluding hydrogens is 400 g/mol. The van der Waals surface area contributed by atoms with E-state index in [-0.39, 0.29) is 0 Å². The van der Waals surface area contributed by atoms with Crippen molar-refractivity contribution in [3.8, 4) is 16.9 Å². The molecule has 1 aliphatic heterocycles. The molecule has 0 atom stereocenters. The third-order valence-electron chi connectivity index (χ3n) is 5.70. The fraction of sp³-hybridized carbons (Fsp3) is 0.320. The first-order valence-electron chi connectivity index (χ1n) is 10.9. The van der Waals surface area contributed by atoms with Crippen LogP contribution in [-0.4, -0.2) is 71.1 Å². The summed E-state index contributed by atoms with van der Waals surface area (Å²) in [5.74, 6) is 1.48. The molecule has 3 heterocycles. The minimum atomic E-state index is 0.601. The number of ether oxygens (including phenoxy) is 1. The summed E-state index contributed by atoms with van der Waals surface area (Å²) in [6.45, 7) is 7.98. The molecule has 1 aromatic carbocycles. The standard InChI is InChI=1S/C25H30N6O/c1-19(26)24(21-7-9-27-10-8-21)25-28-17-22(18-29-25)20-3-5-23(6-4-20)32-16-15-31-13-11-30(2)12-14-31/h3-10,17-18H,11-16,26H2,1-2H3. The van der Waals surface area contributed by atoms with Gasteiger partial charge in [0.1, 0.15) is 12.4 Å². The second kappa shape index (κ2) is 10.3. The van der Waals surface area contributed by atoms with Gasteiger partial charge in [-0.05, 0) is 49.4 Å². The van der Waals surface area contributed by atoms with Crippen LogP contribution in [0.2, 0.25) is 0 Å². The van der Waals surface area contributed by atoms with E-state index in [1.165, 1.54) is 0 Å². The van der Waals surface area contributed by atoms with Crippen LogP contribution in [0.4, 0.5) is 0 Å². The molecule has 2 aromatic heterocycles. The number of aromatic nitrogens is 3. The quantitative estimate of drug-likeness (QED) is 0.617. The van der Waals surface area contributed by atoms with Crippen LogP contribution in [0.15, 0.2) is 66.9 Å². The van der Waals surface area contributed by atoms with Gasteiger partial charge in [0.2, 0.25) is 0 Å². The van der Waals surface area contributed by atoms with Crippen LogP contribution >= 0.6 is 0 Å². The predicted molar refractivity (Wildman–Crippen MR) is 127 cm³/mol. The molecule has 32 heavy (non-hydrogen) atoms. The molecule has 0 aliphatic carbocycles. The molecule has 1 saturated heterocycles. The zero-order valence-electron chi connectivity index (χ0n) is 18.7. The van der Waals surface area contributed by atoms with E-state index in [0.29, 0.717) is 18.1 Å². The van der Waals surface area contributed by atoms with Crippen molar-refractivity contribution in [3.63, 3.8) is 0 Å². The summed E-state index contributed by atoms with van der Waals surface area (Å²) in [4.78, 5) is 18.0. The molecule has 1 fully saturated rings. The highest BCUT2D eigenvalue weighted by molar-refractivity contribution is 5.78. The van der Waals surface area contributed by atoms with E-state index in [0.717, 1.165) is 60.7 Å². The number of rotatable bonds is 7. The molecule has 0 saturated carbocycles. The number of hydrogen-bond donors (Lipinski definition) is 1. The lowest BCUT2D eigenvalue weighted by Gasteiger charge is -2.32. The second-order valence-corrected chi connectivity index (χ2v) is 8.11. The van der Waals surface area contributed by atoms with Crippen LogP contribution in [0, 0.1) is 0 Å². The first-order valence-corrected chi connectivity index (χ1v) is 10.9. The highest BCUT2D eigenvalue weighted by Crippen LogP contribution is 2.25. The van der Waals surface area contributed by atoms with Crippen molar-refractivity contribution in [2.24, 2.45) is 5.73 Å². The summed E-state index contributed by atoms with van der Waals surface area (Å²) < 4.78 is 5.94. The zero-order valence-corrected chi connectivity index (χ0v) is 18.7. The number of nitrogens with two attached hydrogens (primary N) is 1. The molecule has 0 bridgehead atoms. The van der Waals surface area contributed by atoms with Gasteiger partial charge < -0.3 is 15.4 Å². The van der Waals surface area contributed by atoms with Crippen molar-refractivity contribution in [2.45, 2.75) is 6.92 Å². The van der Waals surface area contributed by atoms with Crippen molar-refractivity contribution < 1.29 is 4.74 Å². The number of piperazine rings is 1. The Balaban J connectivity index is 1.37. The summed E-state index contributed by atoms with van der Waals surface area (Å²) in [6.07, 6.45) is 7.13. The molecule has 7 nitrogen and oxygen atoms in total. The van der Waals surface area contributed by atoms with Crippen molar-refractivity contribution in [1.82, 2.24) is 24.8 Å². The molecule has 4 rings (SSSR count). The number of benzene rings is 1. The SMILES string of the molecule is CC(N)=C(c1ccncc1)c1ncc(-c2ccc(OCCN3CCN(C)CC3)cc2)cn1. The van der Waals surface area contributed by atoms with Crippen molar-refractivity contribution >= 4 is 5.57 Å². The van der Waals surface area contributed by atoms with E-state index in [9.17, 15) is 0 Å². The van der Waals surface area contributed by atoms with Crippen LogP contribution in [0.1, 0.15) is 18.3 Å². The number of nitrogens with zero attached hydrogens (tertiary/aromatic N) is 5. The summed E-state index contributed by atoms with van der Waals surface area (Å²) in [5, 5.41) is 0. The molecule has 3 aromatic rings. The maximum atomic E-state index is 6.12. The summed E-state index contributed by atoms with van der Waals surface area (Å²) in [5.41, 5.74) is 10.6. The van der Waals surface area contributed by atoms with E-state index in [4.69, 9.17) is 10.5 Å². The average molecular weight is 431 g/mol. The van der Waals surface area contributed by atoms with Gasteiger partial charge in [-0.2, -0.15) is 0 Å². The Kier molecular flexibility index (Phi) is 7.09. The lowest BCUT2D eigenvalue weighted by molar-refractivity contribution is 0.134. The Morgan fingerprint density at radius 2 is 1.59 bits per heavy atom. The molecule has 166 valence electrons. The second-order valence-electron chi connectivity index (χ2n) is 8.11. The maximum Gasteiger partial charge on any atom is 0.161 e. The number of hydrogen-bond acceptors (Lipinski definition) is 7. The molecule has 7 heteroatoms. The van der Waals surface area contributed by atoms with Gasteiger partial charge in [-0.25, -0.2) is 9.97 Å². The van der Waals surface area contributed by atoms with Crippen molar-refractivity contribution in [1.29, 1.82) is 0 Å². The van der Waals surface area contributed by atoms with E-state index < -0.39 is 0 Å². The van der Waals surface area contributed by atoms with E-state index >= 15 is 0 Å². The van der Waals surface area contributed by atoms with Gasteiger partial charge >= 0.3 is 0 Å². The largest absolute Gasteiger partial charge is 0.492 e. The van der Waals surface area contributed by atoms with Gasteiger partial charge in [-0.1, -0.05) is 12.1 Å². The predicted octanol–water partition coefficient (Wildman–Crippen LogP) is 2.90. The van der Waals surface area contributed by atoms with Gasteiger partial charge in [0.25, 0.3) is 0 Å². The minimum absolute atomic E-state index is 0.601. The molecule has 0 unspecified atom stereocenters. The minimum Gasteiger partial charge on any atom is -0.492 e. The number of likely N-dealkylation sites (N-methyl/N-ethyl adjacent to an activating group) is 1. The van der Waals surface area contributed by atoms with Gasteiger partial charge in [0.15, 0.2) is 5.82 Å². The molecule has 0 radical (unpaired) electrons. The summed E-state index contributed by atoms with van der Waals surface area (Å²) >= 11 is 0. The van der Waals surface area contributed by atoms with Gasteiger partial charge in [0.05, 0.1) is 0 Å². The smallest absolute Gasteiger partial charge is 0.161 e. The maximum absolute atomic E-state index is 6.12. The third-order valence-corrected chi connectivity index (χ3v) is 5.70. The van der Waals surface area contributed by atoms with Crippen molar-refractivity contribution in [3.05, 3.63) is 78.3 Å². The number of pyridine rings is 1. The Morgan fingerprint density at radius 3 is 2.22 bits per heavy atom. The van der Waals surface area contributed by atoms with E-state index in [1.54, 1.807) is 12.4 Å². The lowest BCUT2D eigenvalue weighted by Crippen LogP contribution is -2.45. The lowest BCUT2D eigenvalue weighted by atomic mass is 10.0. The van der Waals surface area contributed by atoms with Crippen molar-refractivity contribution in [2.75, 3.05) is 46.4 Å². The molecular formula is C25H30N6O. The average Bonchev–Trinajstić information content (AvgIpc) is 2.82. The first kappa shape index (κ1) is 21.9. The number of allylic oxidation sites excluding steroid dienone is 1. The van der Waals surface area contributed by atoms with Crippen LogP contribution in [-0.2, 0) is 0 Å². The Morgan fingerprint density at radius 1 is 0.938 bits per heavy atom. The normalized spacial score (nSPS) is 15.9. The van der Waals surface area contributed by atoms with Crippen LogP contribution in [0.5, 0.6) is 5.75 Å².